The van der Waals surface area contributed by atoms with Crippen molar-refractivity contribution in [1.29, 1.82) is 0 Å². The van der Waals surface area contributed by atoms with E-state index in [4.69, 9.17) is 28.3 Å². The minimum Gasteiger partial charge on any atom is -0.477 e. The number of nitrogens with zero attached hydrogens (tertiary/aromatic N) is 1. The third-order valence-corrected chi connectivity index (χ3v) is 3.01. The molecule has 0 aliphatic heterocycles. The number of aryl methyl sites for hydroxylation is 1. The molecule has 2 N–H and O–H groups in total. The number of carbonyl (C=O) groups is 1. The number of pyridine rings is 1. The molecule has 0 amide bonds. The highest BCUT2D eigenvalue weighted by molar-refractivity contribution is 6.45. The normalized spacial score (nSPS) is 10.9. The van der Waals surface area contributed by atoms with Crippen molar-refractivity contribution in [3.05, 3.63) is 27.5 Å². The van der Waals surface area contributed by atoms with E-state index in [2.05, 4.69) is 9.97 Å². The van der Waals surface area contributed by atoms with Crippen molar-refractivity contribution in [3.63, 3.8) is 0 Å². The van der Waals surface area contributed by atoms with Crippen LogP contribution in [0, 0.1) is 6.92 Å². The van der Waals surface area contributed by atoms with E-state index in [1.165, 1.54) is 6.07 Å². The lowest BCUT2D eigenvalue weighted by Gasteiger charge is -2.00. The highest BCUT2D eigenvalue weighted by atomic mass is 35.5. The second kappa shape index (κ2) is 3.40. The maximum atomic E-state index is 10.7. The van der Waals surface area contributed by atoms with Crippen LogP contribution in [-0.4, -0.2) is 21.0 Å². The maximum Gasteiger partial charge on any atom is 0.352 e. The summed E-state index contributed by atoms with van der Waals surface area (Å²) < 4.78 is 0. The summed E-state index contributed by atoms with van der Waals surface area (Å²) in [5.41, 5.74) is 1.04. The summed E-state index contributed by atoms with van der Waals surface area (Å²) in [4.78, 5) is 17.5. The molecule has 0 aromatic carbocycles. The molecule has 0 unspecified atom stereocenters. The van der Waals surface area contributed by atoms with Crippen molar-refractivity contribution in [2.75, 3.05) is 0 Å². The Bertz CT molecular complexity index is 563. The van der Waals surface area contributed by atoms with Gasteiger partial charge in [0.15, 0.2) is 0 Å². The van der Waals surface area contributed by atoms with Gasteiger partial charge in [-0.2, -0.15) is 0 Å². The molecule has 0 atom stereocenters. The number of aromatic amines is 1. The zero-order chi connectivity index (χ0) is 11.2. The zero-order valence-corrected chi connectivity index (χ0v) is 9.15. The van der Waals surface area contributed by atoms with Gasteiger partial charge in [-0.1, -0.05) is 23.2 Å². The van der Waals surface area contributed by atoms with E-state index in [0.717, 1.165) is 0 Å². The van der Waals surface area contributed by atoms with Gasteiger partial charge in [-0.05, 0) is 13.0 Å². The number of carboxylic acids is 1. The fourth-order valence-electron chi connectivity index (χ4n) is 1.31. The van der Waals surface area contributed by atoms with Gasteiger partial charge in [0, 0.05) is 5.39 Å². The van der Waals surface area contributed by atoms with Crippen LogP contribution in [-0.2, 0) is 0 Å². The van der Waals surface area contributed by atoms with Gasteiger partial charge in [0.05, 0.1) is 15.7 Å². The molecule has 15 heavy (non-hydrogen) atoms. The number of hydrogen-bond donors (Lipinski definition) is 2. The second-order valence-corrected chi connectivity index (χ2v) is 3.83. The van der Waals surface area contributed by atoms with E-state index in [1.807, 2.05) is 0 Å². The van der Waals surface area contributed by atoms with E-state index in [0.29, 0.717) is 26.8 Å². The minimum absolute atomic E-state index is 0.0427. The van der Waals surface area contributed by atoms with Crippen LogP contribution < -0.4 is 0 Å². The van der Waals surface area contributed by atoms with E-state index >= 15 is 0 Å². The van der Waals surface area contributed by atoms with Crippen molar-refractivity contribution in [3.8, 4) is 0 Å². The predicted molar refractivity (Wildman–Crippen MR) is 57.8 cm³/mol. The lowest BCUT2D eigenvalue weighted by Crippen LogP contribution is -1.95. The van der Waals surface area contributed by atoms with Crippen LogP contribution in [0.3, 0.4) is 0 Å². The number of rotatable bonds is 1. The Morgan fingerprint density at radius 2 is 2.13 bits per heavy atom. The number of aromatic carboxylic acids is 1. The molecule has 0 fully saturated rings. The van der Waals surface area contributed by atoms with E-state index in [-0.39, 0.29) is 5.69 Å². The molecule has 0 spiro atoms. The Morgan fingerprint density at radius 1 is 1.47 bits per heavy atom. The quantitative estimate of drug-likeness (QED) is 0.811. The van der Waals surface area contributed by atoms with Crippen molar-refractivity contribution in [2.45, 2.75) is 6.92 Å². The average Bonchev–Trinajstić information content (AvgIpc) is 2.58. The largest absolute Gasteiger partial charge is 0.477 e. The van der Waals surface area contributed by atoms with Crippen molar-refractivity contribution in [1.82, 2.24) is 9.97 Å². The number of fused-ring (bicyclic) bond motifs is 1. The number of carboxylic acid groups (broad SMARTS) is 1. The molecule has 6 heteroatoms. The fourth-order valence-corrected chi connectivity index (χ4v) is 1.73. The van der Waals surface area contributed by atoms with Crippen molar-refractivity contribution in [2.24, 2.45) is 0 Å². The number of hydrogen-bond acceptors (Lipinski definition) is 2. The predicted octanol–water partition coefficient (Wildman–Crippen LogP) is 2.88. The van der Waals surface area contributed by atoms with Crippen LogP contribution in [0.5, 0.6) is 0 Å². The average molecular weight is 245 g/mol. The maximum absolute atomic E-state index is 10.7. The molecule has 0 aliphatic carbocycles. The topological polar surface area (TPSA) is 66.0 Å². The van der Waals surface area contributed by atoms with Gasteiger partial charge in [-0.25, -0.2) is 9.78 Å². The zero-order valence-electron chi connectivity index (χ0n) is 7.64. The lowest BCUT2D eigenvalue weighted by molar-refractivity contribution is 0.0691. The second-order valence-electron chi connectivity index (χ2n) is 3.08. The Balaban J connectivity index is 2.82. The molecule has 0 saturated heterocycles. The summed E-state index contributed by atoms with van der Waals surface area (Å²) >= 11 is 11.9. The van der Waals surface area contributed by atoms with Crippen LogP contribution in [0.1, 0.15) is 16.2 Å². The monoisotopic (exact) mass is 244 g/mol. The van der Waals surface area contributed by atoms with Crippen LogP contribution in [0.25, 0.3) is 11.0 Å². The molecule has 0 radical (unpaired) electrons. The summed E-state index contributed by atoms with van der Waals surface area (Å²) in [6.07, 6.45) is 0. The first-order chi connectivity index (χ1) is 7.00. The Labute approximate surface area is 94.8 Å². The SMILES string of the molecule is Cc1nc2[nH]c(C(=O)O)cc2c(Cl)c1Cl. The van der Waals surface area contributed by atoms with E-state index in [1.54, 1.807) is 6.92 Å². The van der Waals surface area contributed by atoms with Gasteiger partial charge >= 0.3 is 5.97 Å². The third kappa shape index (κ3) is 1.56. The number of halogens is 2. The lowest BCUT2D eigenvalue weighted by atomic mass is 10.3. The van der Waals surface area contributed by atoms with Crippen molar-refractivity contribution >= 4 is 40.2 Å². The van der Waals surface area contributed by atoms with Crippen molar-refractivity contribution < 1.29 is 9.90 Å². The summed E-state index contributed by atoms with van der Waals surface area (Å²) in [6.45, 7) is 1.70. The van der Waals surface area contributed by atoms with Gasteiger partial charge in [0.2, 0.25) is 0 Å². The Hall–Kier alpha value is -1.26. The smallest absolute Gasteiger partial charge is 0.352 e. The summed E-state index contributed by atoms with van der Waals surface area (Å²) in [5.74, 6) is -1.06. The molecular weight excluding hydrogens is 239 g/mol. The Morgan fingerprint density at radius 3 is 2.73 bits per heavy atom. The molecule has 2 heterocycles. The van der Waals surface area contributed by atoms with Crippen LogP contribution >= 0.6 is 23.2 Å². The first kappa shape index (κ1) is 10.3. The summed E-state index contributed by atoms with van der Waals surface area (Å²) in [6, 6.07) is 1.42. The van der Waals surface area contributed by atoms with Gasteiger partial charge in [0.25, 0.3) is 0 Å². The molecule has 2 aromatic heterocycles. The number of aromatic nitrogens is 2. The molecule has 0 aliphatic rings. The molecule has 2 rings (SSSR count). The minimum atomic E-state index is -1.06. The number of H-pyrrole nitrogens is 1. The summed E-state index contributed by atoms with van der Waals surface area (Å²) in [7, 11) is 0. The van der Waals surface area contributed by atoms with E-state index < -0.39 is 5.97 Å². The third-order valence-electron chi connectivity index (χ3n) is 2.05. The molecule has 4 nitrogen and oxygen atoms in total. The van der Waals surface area contributed by atoms with Gasteiger partial charge in [-0.15, -0.1) is 0 Å². The van der Waals surface area contributed by atoms with Crippen LogP contribution in [0.2, 0.25) is 10.0 Å². The number of nitrogens with one attached hydrogen (secondary N) is 1. The highest BCUT2D eigenvalue weighted by Gasteiger charge is 2.14. The molecular formula is C9H6Cl2N2O2. The molecule has 78 valence electrons. The van der Waals surface area contributed by atoms with E-state index in [9.17, 15) is 4.79 Å². The van der Waals surface area contributed by atoms with Gasteiger partial charge in [0.1, 0.15) is 11.3 Å². The Kier molecular flexibility index (Phi) is 2.32. The van der Waals surface area contributed by atoms with Gasteiger partial charge < -0.3 is 10.1 Å². The molecule has 0 saturated carbocycles. The first-order valence-electron chi connectivity index (χ1n) is 4.08. The standard InChI is InChI=1S/C9H6Cl2N2O2/c1-3-6(10)7(11)4-2-5(9(14)15)13-8(4)12-3/h2H,1H3,(H,12,13)(H,14,15). The first-order valence-corrected chi connectivity index (χ1v) is 4.84. The summed E-state index contributed by atoms with van der Waals surface area (Å²) in [5, 5.41) is 9.97. The highest BCUT2D eigenvalue weighted by Crippen LogP contribution is 2.32. The van der Waals surface area contributed by atoms with Gasteiger partial charge in [-0.3, -0.25) is 0 Å². The fraction of sp³-hybridized carbons (Fsp3) is 0.111. The van der Waals surface area contributed by atoms with Crippen LogP contribution in [0.15, 0.2) is 6.07 Å². The molecule has 2 aromatic rings. The van der Waals surface area contributed by atoms with Crippen LogP contribution in [0.4, 0.5) is 0 Å². The molecule has 0 bridgehead atoms.